The molecule has 1 aromatic carbocycles. The third-order valence-electron chi connectivity index (χ3n) is 2.77. The van der Waals surface area contributed by atoms with Crippen molar-refractivity contribution in [3.8, 4) is 0 Å². The van der Waals surface area contributed by atoms with Crippen molar-refractivity contribution in [1.29, 1.82) is 0 Å². The molecular weight excluding hydrogens is 274 g/mol. The maximum Gasteiger partial charge on any atom is 0.174 e. The molecular formula is C14H19N3S2. The molecule has 0 saturated carbocycles. The fraction of sp³-hybridized carbons (Fsp3) is 0.429. The molecule has 0 amide bonds. The van der Waals surface area contributed by atoms with Crippen molar-refractivity contribution in [3.63, 3.8) is 0 Å². The molecule has 0 radical (unpaired) electrons. The number of hydrogen-bond donors (Lipinski definition) is 1. The van der Waals surface area contributed by atoms with Gasteiger partial charge < -0.3 is 5.32 Å². The van der Waals surface area contributed by atoms with Crippen LogP contribution in [0, 0.1) is 13.8 Å². The zero-order valence-electron chi connectivity index (χ0n) is 11.6. The second-order valence-corrected chi connectivity index (χ2v) is 6.55. The Kier molecular flexibility index (Phi) is 5.36. The molecule has 3 nitrogen and oxygen atoms in total. The van der Waals surface area contributed by atoms with E-state index in [1.165, 1.54) is 34.0 Å². The molecule has 5 heteroatoms. The monoisotopic (exact) mass is 293 g/mol. The van der Waals surface area contributed by atoms with Gasteiger partial charge >= 0.3 is 0 Å². The lowest BCUT2D eigenvalue weighted by molar-refractivity contribution is 0.673. The zero-order chi connectivity index (χ0) is 13.7. The highest BCUT2D eigenvalue weighted by Crippen LogP contribution is 2.30. The van der Waals surface area contributed by atoms with E-state index in [1.807, 2.05) is 6.92 Å². The molecule has 1 N–H and O–H groups in total. The van der Waals surface area contributed by atoms with E-state index < -0.39 is 0 Å². The smallest absolute Gasteiger partial charge is 0.174 e. The summed E-state index contributed by atoms with van der Waals surface area (Å²) in [6, 6.07) is 6.59. The number of aromatic nitrogens is 2. The summed E-state index contributed by atoms with van der Waals surface area (Å²) < 4.78 is 5.21. The molecule has 0 fully saturated rings. The summed E-state index contributed by atoms with van der Waals surface area (Å²) >= 11 is 3.14. The Balaban J connectivity index is 2.01. The summed E-state index contributed by atoms with van der Waals surface area (Å²) in [7, 11) is 0. The van der Waals surface area contributed by atoms with E-state index in [0.29, 0.717) is 0 Å². The minimum atomic E-state index is 0.851. The standard InChI is InChI=1S/C14H19N3S2/c1-4-7-15-9-12-5-6-13(8-10(12)2)18-14-16-11(3)17-19-14/h5-6,8,15H,4,7,9H2,1-3H3. The molecule has 2 rings (SSSR count). The number of hydrogen-bond acceptors (Lipinski definition) is 5. The highest BCUT2D eigenvalue weighted by atomic mass is 32.2. The van der Waals surface area contributed by atoms with E-state index in [9.17, 15) is 0 Å². The quantitative estimate of drug-likeness (QED) is 0.822. The van der Waals surface area contributed by atoms with Gasteiger partial charge in [0, 0.05) is 11.4 Å². The first-order chi connectivity index (χ1) is 9.19. The molecule has 0 aliphatic carbocycles. The molecule has 2 aromatic rings. The largest absolute Gasteiger partial charge is 0.313 e. The van der Waals surface area contributed by atoms with Gasteiger partial charge in [0.1, 0.15) is 5.82 Å². The summed E-state index contributed by atoms with van der Waals surface area (Å²) in [5.41, 5.74) is 2.70. The van der Waals surface area contributed by atoms with Gasteiger partial charge in [-0.2, -0.15) is 4.37 Å². The molecule has 0 saturated heterocycles. The molecule has 0 spiro atoms. The second-order valence-electron chi connectivity index (χ2n) is 4.47. The maximum absolute atomic E-state index is 4.38. The predicted octanol–water partition coefficient (Wildman–Crippen LogP) is 3.81. The van der Waals surface area contributed by atoms with Crippen LogP contribution in [0.1, 0.15) is 30.3 Å². The Morgan fingerprint density at radius 3 is 2.79 bits per heavy atom. The van der Waals surface area contributed by atoms with Crippen molar-refractivity contribution in [2.24, 2.45) is 0 Å². The third-order valence-corrected chi connectivity index (χ3v) is 4.60. The van der Waals surface area contributed by atoms with E-state index in [2.05, 4.69) is 46.7 Å². The Morgan fingerprint density at radius 1 is 1.32 bits per heavy atom. The first kappa shape index (κ1) is 14.5. The van der Waals surface area contributed by atoms with Crippen LogP contribution in [-0.4, -0.2) is 15.9 Å². The topological polar surface area (TPSA) is 37.8 Å². The fourth-order valence-electron chi connectivity index (χ4n) is 1.75. The van der Waals surface area contributed by atoms with E-state index in [1.54, 1.807) is 11.8 Å². The van der Waals surface area contributed by atoms with Gasteiger partial charge in [-0.25, -0.2) is 4.98 Å². The van der Waals surface area contributed by atoms with Crippen molar-refractivity contribution in [2.45, 2.75) is 43.0 Å². The number of benzene rings is 1. The van der Waals surface area contributed by atoms with Gasteiger partial charge in [0.15, 0.2) is 4.34 Å². The van der Waals surface area contributed by atoms with Gasteiger partial charge in [-0.3, -0.25) is 0 Å². The van der Waals surface area contributed by atoms with Gasteiger partial charge in [0.2, 0.25) is 0 Å². The normalized spacial score (nSPS) is 10.9. The van der Waals surface area contributed by atoms with Crippen molar-refractivity contribution in [2.75, 3.05) is 6.54 Å². The summed E-state index contributed by atoms with van der Waals surface area (Å²) in [6.07, 6.45) is 1.17. The summed E-state index contributed by atoms with van der Waals surface area (Å²) in [5.74, 6) is 0.851. The van der Waals surface area contributed by atoms with Crippen LogP contribution in [0.5, 0.6) is 0 Å². The van der Waals surface area contributed by atoms with Crippen LogP contribution in [-0.2, 0) is 6.54 Å². The lowest BCUT2D eigenvalue weighted by Crippen LogP contribution is -2.14. The summed E-state index contributed by atoms with van der Waals surface area (Å²) in [5, 5.41) is 3.44. The van der Waals surface area contributed by atoms with Crippen molar-refractivity contribution in [1.82, 2.24) is 14.7 Å². The minimum absolute atomic E-state index is 0.851. The molecule has 0 bridgehead atoms. The van der Waals surface area contributed by atoms with Gasteiger partial charge in [-0.15, -0.1) is 0 Å². The summed E-state index contributed by atoms with van der Waals surface area (Å²) in [4.78, 5) is 5.61. The van der Waals surface area contributed by atoms with E-state index in [0.717, 1.165) is 23.3 Å². The predicted molar refractivity (Wildman–Crippen MR) is 81.9 cm³/mol. The average Bonchev–Trinajstić information content (AvgIpc) is 2.78. The van der Waals surface area contributed by atoms with E-state index in [-0.39, 0.29) is 0 Å². The zero-order valence-corrected chi connectivity index (χ0v) is 13.2. The number of nitrogens with one attached hydrogen (secondary N) is 1. The number of nitrogens with zero attached hydrogens (tertiary/aromatic N) is 2. The third kappa shape index (κ3) is 4.30. The van der Waals surface area contributed by atoms with Crippen LogP contribution in [0.25, 0.3) is 0 Å². The van der Waals surface area contributed by atoms with Crippen LogP contribution in [0.4, 0.5) is 0 Å². The van der Waals surface area contributed by atoms with E-state index in [4.69, 9.17) is 0 Å². The Labute approximate surface area is 123 Å². The van der Waals surface area contributed by atoms with Crippen molar-refractivity contribution < 1.29 is 0 Å². The van der Waals surface area contributed by atoms with Crippen LogP contribution >= 0.6 is 23.3 Å². The Hall–Kier alpha value is -0.910. The fourth-order valence-corrected chi connectivity index (χ4v) is 3.48. The van der Waals surface area contributed by atoms with Crippen molar-refractivity contribution >= 4 is 23.3 Å². The lowest BCUT2D eigenvalue weighted by Gasteiger charge is -2.08. The van der Waals surface area contributed by atoms with E-state index >= 15 is 0 Å². The van der Waals surface area contributed by atoms with Crippen molar-refractivity contribution in [3.05, 3.63) is 35.2 Å². The average molecular weight is 293 g/mol. The van der Waals surface area contributed by atoms with Crippen LogP contribution < -0.4 is 5.32 Å². The molecule has 102 valence electrons. The molecule has 0 aliphatic rings. The minimum Gasteiger partial charge on any atom is -0.313 e. The maximum atomic E-state index is 4.38. The summed E-state index contributed by atoms with van der Waals surface area (Å²) in [6.45, 7) is 8.29. The van der Waals surface area contributed by atoms with Gasteiger partial charge in [0.05, 0.1) is 0 Å². The van der Waals surface area contributed by atoms with Crippen LogP contribution in [0.3, 0.4) is 0 Å². The highest BCUT2D eigenvalue weighted by molar-refractivity contribution is 8.01. The molecule has 1 heterocycles. The van der Waals surface area contributed by atoms with Crippen LogP contribution in [0.2, 0.25) is 0 Å². The first-order valence-electron chi connectivity index (χ1n) is 6.47. The highest BCUT2D eigenvalue weighted by Gasteiger charge is 2.05. The SMILES string of the molecule is CCCNCc1ccc(Sc2nc(C)ns2)cc1C. The Morgan fingerprint density at radius 2 is 2.16 bits per heavy atom. The molecule has 0 aliphatic heterocycles. The second kappa shape index (κ2) is 7.03. The molecule has 0 unspecified atom stereocenters. The lowest BCUT2D eigenvalue weighted by atomic mass is 10.1. The first-order valence-corrected chi connectivity index (χ1v) is 8.06. The molecule has 1 aromatic heterocycles. The van der Waals surface area contributed by atoms with Gasteiger partial charge in [-0.05, 0) is 61.6 Å². The molecule has 19 heavy (non-hydrogen) atoms. The number of rotatable bonds is 6. The van der Waals surface area contributed by atoms with Gasteiger partial charge in [-0.1, -0.05) is 24.8 Å². The molecule has 0 atom stereocenters. The number of aryl methyl sites for hydroxylation is 2. The van der Waals surface area contributed by atoms with Gasteiger partial charge in [0.25, 0.3) is 0 Å². The Bertz CT molecular complexity index is 537. The van der Waals surface area contributed by atoms with Crippen LogP contribution in [0.15, 0.2) is 27.4 Å².